The molecule has 0 fully saturated rings. The van der Waals surface area contributed by atoms with Gasteiger partial charge in [0, 0.05) is 23.5 Å². The molecule has 0 saturated carbocycles. The number of nitrogens with one attached hydrogen (secondary N) is 1. The molecular weight excluding hydrogens is 685 g/mol. The third-order valence-corrected chi connectivity index (χ3v) is 9.83. The molecule has 4 aromatic carbocycles. The number of anilines is 1. The first-order chi connectivity index (χ1) is 21.0. The quantitative estimate of drug-likeness (QED) is 0.169. The van der Waals surface area contributed by atoms with Gasteiger partial charge in [-0.15, -0.1) is 0 Å². The molecule has 1 atom stereocenters. The van der Waals surface area contributed by atoms with E-state index in [0.717, 1.165) is 19.9 Å². The summed E-state index contributed by atoms with van der Waals surface area (Å²) in [6.45, 7) is 3.16. The lowest BCUT2D eigenvalue weighted by molar-refractivity contribution is -0.140. The highest BCUT2D eigenvalue weighted by molar-refractivity contribution is 9.10. The van der Waals surface area contributed by atoms with Crippen molar-refractivity contribution in [1.82, 2.24) is 10.2 Å². The topological polar surface area (TPSA) is 86.8 Å². The van der Waals surface area contributed by atoms with Gasteiger partial charge in [-0.05, 0) is 67.4 Å². The summed E-state index contributed by atoms with van der Waals surface area (Å²) in [5.41, 5.74) is 1.78. The minimum Gasteiger partial charge on any atom is -0.352 e. The van der Waals surface area contributed by atoms with Crippen LogP contribution in [0.4, 0.5) is 5.69 Å². The van der Waals surface area contributed by atoms with Gasteiger partial charge in [-0.1, -0.05) is 99.8 Å². The Labute approximate surface area is 277 Å². The fraction of sp³-hybridized carbons (Fsp3) is 0.212. The number of hydrogen-bond acceptors (Lipinski definition) is 4. The fourth-order valence-corrected chi connectivity index (χ4v) is 6.59. The molecule has 0 bridgehead atoms. The van der Waals surface area contributed by atoms with Crippen LogP contribution >= 0.6 is 39.1 Å². The number of halogens is 3. The SMILES string of the molecule is CC(C)NC(=O)[C@H](Cc1ccccc1)N(Cc1ccc(Br)cc1)C(=O)CN(c1ccc(Cl)c(Cl)c1)S(=O)(=O)c1ccccc1. The third-order valence-electron chi connectivity index (χ3n) is 6.77. The van der Waals surface area contributed by atoms with E-state index in [0.29, 0.717) is 0 Å². The van der Waals surface area contributed by atoms with Crippen molar-refractivity contribution in [2.24, 2.45) is 0 Å². The molecule has 0 aliphatic carbocycles. The summed E-state index contributed by atoms with van der Waals surface area (Å²) < 4.78 is 29.9. The number of sulfonamides is 1. The maximum Gasteiger partial charge on any atom is 0.264 e. The van der Waals surface area contributed by atoms with E-state index in [1.54, 1.807) is 18.2 Å². The van der Waals surface area contributed by atoms with Crippen LogP contribution in [0.5, 0.6) is 0 Å². The molecule has 11 heteroatoms. The summed E-state index contributed by atoms with van der Waals surface area (Å²) in [4.78, 5) is 29.6. The van der Waals surface area contributed by atoms with E-state index in [1.807, 2.05) is 68.4 Å². The van der Waals surface area contributed by atoms with Crippen LogP contribution in [0.3, 0.4) is 0 Å². The van der Waals surface area contributed by atoms with E-state index in [-0.39, 0.29) is 45.5 Å². The van der Waals surface area contributed by atoms with E-state index in [2.05, 4.69) is 21.2 Å². The predicted molar refractivity (Wildman–Crippen MR) is 179 cm³/mol. The van der Waals surface area contributed by atoms with Gasteiger partial charge in [0.25, 0.3) is 10.0 Å². The second kappa shape index (κ2) is 15.1. The van der Waals surface area contributed by atoms with Crippen molar-refractivity contribution >= 4 is 66.7 Å². The van der Waals surface area contributed by atoms with Crippen molar-refractivity contribution in [1.29, 1.82) is 0 Å². The van der Waals surface area contributed by atoms with Crippen LogP contribution in [-0.4, -0.2) is 43.8 Å². The van der Waals surface area contributed by atoms with Gasteiger partial charge >= 0.3 is 0 Å². The van der Waals surface area contributed by atoms with E-state index < -0.39 is 28.5 Å². The van der Waals surface area contributed by atoms with Crippen LogP contribution in [0.1, 0.15) is 25.0 Å². The standard InChI is InChI=1S/C33H32BrCl2N3O4S/c1-23(2)37-33(41)31(19-24-9-5-3-6-10-24)38(21-25-13-15-26(34)16-14-25)32(40)22-39(27-17-18-29(35)30(36)20-27)44(42,43)28-11-7-4-8-12-28/h3-18,20,23,31H,19,21-22H2,1-2H3,(H,37,41)/t31-/m0/s1. The number of benzene rings is 4. The third kappa shape index (κ3) is 8.63. The summed E-state index contributed by atoms with van der Waals surface area (Å²) >= 11 is 15.9. The van der Waals surface area contributed by atoms with E-state index >= 15 is 0 Å². The van der Waals surface area contributed by atoms with Crippen molar-refractivity contribution < 1.29 is 18.0 Å². The smallest absolute Gasteiger partial charge is 0.264 e. The maximum atomic E-state index is 14.4. The molecule has 0 aliphatic rings. The molecule has 1 N–H and O–H groups in total. The lowest BCUT2D eigenvalue weighted by Crippen LogP contribution is -2.54. The molecule has 230 valence electrons. The molecule has 0 saturated heterocycles. The highest BCUT2D eigenvalue weighted by atomic mass is 79.9. The fourth-order valence-electron chi connectivity index (χ4n) is 4.61. The second-order valence-electron chi connectivity index (χ2n) is 10.4. The molecule has 0 heterocycles. The summed E-state index contributed by atoms with van der Waals surface area (Å²) in [5.74, 6) is -0.917. The van der Waals surface area contributed by atoms with Crippen molar-refractivity contribution in [3.8, 4) is 0 Å². The van der Waals surface area contributed by atoms with Crippen LogP contribution in [-0.2, 0) is 32.6 Å². The number of amides is 2. The Bertz CT molecular complexity index is 1690. The van der Waals surface area contributed by atoms with Gasteiger partial charge in [0.05, 0.1) is 20.6 Å². The van der Waals surface area contributed by atoms with Crippen LogP contribution in [0, 0.1) is 0 Å². The second-order valence-corrected chi connectivity index (χ2v) is 14.0. The van der Waals surface area contributed by atoms with E-state index in [4.69, 9.17) is 23.2 Å². The monoisotopic (exact) mass is 715 g/mol. The van der Waals surface area contributed by atoms with Crippen molar-refractivity contribution in [2.75, 3.05) is 10.8 Å². The largest absolute Gasteiger partial charge is 0.352 e. The highest BCUT2D eigenvalue weighted by Gasteiger charge is 2.35. The highest BCUT2D eigenvalue weighted by Crippen LogP contribution is 2.31. The van der Waals surface area contributed by atoms with Crippen LogP contribution in [0.25, 0.3) is 0 Å². The number of rotatable bonds is 12. The minimum atomic E-state index is -4.24. The number of carbonyl (C=O) groups is 2. The Morgan fingerprint density at radius 2 is 1.43 bits per heavy atom. The molecule has 0 aromatic heterocycles. The average molecular weight is 718 g/mol. The summed E-state index contributed by atoms with van der Waals surface area (Å²) in [6, 6.07) is 27.9. The van der Waals surface area contributed by atoms with Gasteiger partial charge in [-0.3, -0.25) is 13.9 Å². The van der Waals surface area contributed by atoms with Gasteiger partial charge in [-0.2, -0.15) is 0 Å². The number of hydrogen-bond donors (Lipinski definition) is 1. The average Bonchev–Trinajstić information content (AvgIpc) is 3.00. The Morgan fingerprint density at radius 3 is 2.02 bits per heavy atom. The van der Waals surface area contributed by atoms with Gasteiger partial charge in [-0.25, -0.2) is 8.42 Å². The van der Waals surface area contributed by atoms with E-state index in [1.165, 1.54) is 35.2 Å². The lowest BCUT2D eigenvalue weighted by atomic mass is 10.0. The van der Waals surface area contributed by atoms with Gasteiger partial charge in [0.1, 0.15) is 12.6 Å². The normalized spacial score (nSPS) is 12.0. The van der Waals surface area contributed by atoms with Crippen molar-refractivity contribution in [3.05, 3.63) is 129 Å². The first kappa shape index (κ1) is 33.5. The molecule has 0 unspecified atom stereocenters. The van der Waals surface area contributed by atoms with Crippen molar-refractivity contribution in [3.63, 3.8) is 0 Å². The zero-order valence-electron chi connectivity index (χ0n) is 24.2. The van der Waals surface area contributed by atoms with Crippen LogP contribution in [0.2, 0.25) is 10.0 Å². The Balaban J connectivity index is 1.81. The molecule has 0 aliphatic heterocycles. The molecular formula is C33H32BrCl2N3O4S. The van der Waals surface area contributed by atoms with Gasteiger partial charge in [0.15, 0.2) is 0 Å². The summed E-state index contributed by atoms with van der Waals surface area (Å²) in [5, 5.41) is 3.32. The molecule has 44 heavy (non-hydrogen) atoms. The predicted octanol–water partition coefficient (Wildman–Crippen LogP) is 7.12. The first-order valence-corrected chi connectivity index (χ1v) is 16.9. The Morgan fingerprint density at radius 1 is 0.818 bits per heavy atom. The van der Waals surface area contributed by atoms with Gasteiger partial charge in [0.2, 0.25) is 11.8 Å². The Kier molecular flexibility index (Phi) is 11.5. The number of carbonyl (C=O) groups excluding carboxylic acids is 2. The lowest BCUT2D eigenvalue weighted by Gasteiger charge is -2.34. The van der Waals surface area contributed by atoms with Gasteiger partial charge < -0.3 is 10.2 Å². The summed E-state index contributed by atoms with van der Waals surface area (Å²) in [7, 11) is -4.24. The Hall–Kier alpha value is -3.37. The minimum absolute atomic E-state index is 0.00304. The summed E-state index contributed by atoms with van der Waals surface area (Å²) in [6.07, 6.45) is 0.222. The van der Waals surface area contributed by atoms with Crippen LogP contribution < -0.4 is 9.62 Å². The molecule has 2 amide bonds. The number of nitrogens with zero attached hydrogens (tertiary/aromatic N) is 2. The van der Waals surface area contributed by atoms with Crippen LogP contribution in [0.15, 0.2) is 112 Å². The maximum absolute atomic E-state index is 14.4. The first-order valence-electron chi connectivity index (χ1n) is 13.9. The van der Waals surface area contributed by atoms with Crippen molar-refractivity contribution in [2.45, 2.75) is 43.8 Å². The zero-order valence-corrected chi connectivity index (χ0v) is 28.1. The molecule has 4 aromatic rings. The molecule has 7 nitrogen and oxygen atoms in total. The molecule has 4 rings (SSSR count). The van der Waals surface area contributed by atoms with E-state index in [9.17, 15) is 18.0 Å². The molecule has 0 radical (unpaired) electrons. The molecule has 0 spiro atoms. The zero-order chi connectivity index (χ0) is 31.9.